The van der Waals surface area contributed by atoms with Crippen LogP contribution in [0.3, 0.4) is 0 Å². The largest absolute Gasteiger partial charge is 0.390 e. The number of rotatable bonds is 9. The molecule has 3 aliphatic heterocycles. The second-order valence-electron chi connectivity index (χ2n) is 16.1. The molecule has 0 aromatic carbocycles. The van der Waals surface area contributed by atoms with Gasteiger partial charge in [-0.05, 0) is 28.2 Å². The van der Waals surface area contributed by atoms with E-state index in [0.717, 1.165) is 17.7 Å². The highest BCUT2D eigenvalue weighted by Gasteiger charge is 2.53. The Morgan fingerprint density at radius 2 is 1.62 bits per heavy atom. The Labute approximate surface area is 339 Å². The van der Waals surface area contributed by atoms with Crippen LogP contribution >= 0.6 is 36.4 Å². The minimum atomic E-state index is -4.49. The van der Waals surface area contributed by atoms with Crippen LogP contribution < -0.4 is 11.3 Å². The Balaban J connectivity index is 1.25. The number of ether oxygens (including phenoxy) is 2. The van der Waals surface area contributed by atoms with Crippen LogP contribution in [0.25, 0.3) is 22.3 Å². The molecule has 0 amide bonds. The maximum Gasteiger partial charge on any atom is 0.390 e. The lowest BCUT2D eigenvalue weighted by Crippen LogP contribution is -2.35. The number of aromatic nitrogens is 8. The van der Waals surface area contributed by atoms with Gasteiger partial charge in [0, 0.05) is 23.5 Å². The topological polar surface area (TPSA) is 257 Å². The van der Waals surface area contributed by atoms with Crippen molar-refractivity contribution in [3.63, 3.8) is 0 Å². The van der Waals surface area contributed by atoms with Crippen LogP contribution in [0.15, 0.2) is 30.1 Å². The van der Waals surface area contributed by atoms with Gasteiger partial charge < -0.3 is 25.0 Å². The summed E-state index contributed by atoms with van der Waals surface area (Å²) < 4.78 is 86.4. The first-order valence-corrected chi connectivity index (χ1v) is 24.5. The molecule has 25 heteroatoms. The number of nitrogens with zero attached hydrogens (tertiary/aromatic N) is 7. The molecule has 20 nitrogen and oxygen atoms in total. The third kappa shape index (κ3) is 8.84. The van der Waals surface area contributed by atoms with Gasteiger partial charge in [0.25, 0.3) is 5.56 Å². The molecule has 4 aromatic heterocycles. The van der Waals surface area contributed by atoms with Crippen molar-refractivity contribution in [3.05, 3.63) is 35.7 Å². The van der Waals surface area contributed by atoms with Gasteiger partial charge in [-0.2, -0.15) is 0 Å². The molecular formula is C33H44FN9O11P2S2. The SMILES string of the molecule is CC(C)(C)C(=O)CSP1(=O)OCC2OC(n3cnc4c(=O)[nH]cnc43)C[C@@H]2OP(=O)(SCC(C=O)C(C)(C)C)OCC2OC(n3cnc4c(N)ncnc43)[C@H](F)[C@@H]2O1. The highest BCUT2D eigenvalue weighted by molar-refractivity contribution is 8.55. The molecule has 7 heterocycles. The Hall–Kier alpha value is -3.11. The number of imidazole rings is 2. The summed E-state index contributed by atoms with van der Waals surface area (Å²) in [6, 6.07) is 0. The van der Waals surface area contributed by atoms with Crippen molar-refractivity contribution < 1.29 is 50.7 Å². The van der Waals surface area contributed by atoms with Crippen molar-refractivity contribution >= 4 is 76.6 Å². The fraction of sp³-hybridized carbons (Fsp3) is 0.636. The second-order valence-corrected chi connectivity index (χ2v) is 24.2. The normalized spacial score (nSPS) is 31.7. The lowest BCUT2D eigenvalue weighted by molar-refractivity contribution is -0.123. The number of ketones is 1. The summed E-state index contributed by atoms with van der Waals surface area (Å²) in [4.78, 5) is 60.9. The zero-order chi connectivity index (χ0) is 41.8. The average molecular weight is 888 g/mol. The number of anilines is 1. The predicted octanol–water partition coefficient (Wildman–Crippen LogP) is 5.04. The summed E-state index contributed by atoms with van der Waals surface area (Å²) in [5.41, 5.74) is 4.73. The van der Waals surface area contributed by atoms with E-state index in [1.54, 1.807) is 20.8 Å². The maximum atomic E-state index is 16.9. The van der Waals surface area contributed by atoms with Gasteiger partial charge in [0.1, 0.15) is 54.6 Å². The first-order chi connectivity index (χ1) is 27.3. The van der Waals surface area contributed by atoms with Crippen LogP contribution in [0.1, 0.15) is 60.4 Å². The summed E-state index contributed by atoms with van der Waals surface area (Å²) in [6.45, 7) is 0.776. The molecule has 3 N–H and O–H groups in total. The molecule has 316 valence electrons. The lowest BCUT2D eigenvalue weighted by Gasteiger charge is -2.31. The molecule has 0 saturated carbocycles. The molecule has 0 spiro atoms. The van der Waals surface area contributed by atoms with Crippen LogP contribution in [-0.4, -0.2) is 106 Å². The summed E-state index contributed by atoms with van der Waals surface area (Å²) in [6.07, 6.45) is -3.98. The fourth-order valence-electron chi connectivity index (χ4n) is 6.30. The van der Waals surface area contributed by atoms with E-state index in [-0.39, 0.29) is 51.9 Å². The van der Waals surface area contributed by atoms with Gasteiger partial charge in [-0.15, -0.1) is 0 Å². The van der Waals surface area contributed by atoms with Crippen LogP contribution in [0.4, 0.5) is 10.2 Å². The molecular weight excluding hydrogens is 843 g/mol. The zero-order valence-corrected chi connectivity index (χ0v) is 35.8. The number of hydrogen-bond acceptors (Lipinski definition) is 19. The van der Waals surface area contributed by atoms with Crippen molar-refractivity contribution in [2.24, 2.45) is 16.7 Å². The molecule has 3 fully saturated rings. The zero-order valence-electron chi connectivity index (χ0n) is 32.3. The van der Waals surface area contributed by atoms with Crippen LogP contribution in [0.5, 0.6) is 0 Å². The van der Waals surface area contributed by atoms with E-state index < -0.39 is 92.2 Å². The Bertz CT molecular complexity index is 2340. The van der Waals surface area contributed by atoms with Crippen molar-refractivity contribution in [2.75, 3.05) is 30.5 Å². The first-order valence-electron chi connectivity index (χ1n) is 18.2. The second kappa shape index (κ2) is 16.4. The van der Waals surface area contributed by atoms with E-state index in [4.69, 9.17) is 33.3 Å². The summed E-state index contributed by atoms with van der Waals surface area (Å²) >= 11 is 1.37. The van der Waals surface area contributed by atoms with E-state index in [2.05, 4.69) is 29.9 Å². The molecule has 7 rings (SSSR count). The van der Waals surface area contributed by atoms with Crippen LogP contribution in [-0.2, 0) is 46.3 Å². The lowest BCUT2D eigenvalue weighted by atomic mass is 9.83. The molecule has 0 radical (unpaired) electrons. The molecule has 0 bridgehead atoms. The van der Waals surface area contributed by atoms with Crippen molar-refractivity contribution in [1.82, 2.24) is 39.0 Å². The predicted molar refractivity (Wildman–Crippen MR) is 210 cm³/mol. The van der Waals surface area contributed by atoms with Gasteiger partial charge in [0.15, 0.2) is 35.0 Å². The van der Waals surface area contributed by atoms with Crippen molar-refractivity contribution in [1.29, 1.82) is 0 Å². The van der Waals surface area contributed by atoms with E-state index >= 15 is 4.39 Å². The van der Waals surface area contributed by atoms with Gasteiger partial charge in [-0.1, -0.05) is 41.5 Å². The Morgan fingerprint density at radius 1 is 0.948 bits per heavy atom. The highest BCUT2D eigenvalue weighted by Crippen LogP contribution is 2.66. The maximum absolute atomic E-state index is 16.9. The minimum absolute atomic E-state index is 0.00502. The average Bonchev–Trinajstić information content (AvgIpc) is 3.94. The molecule has 58 heavy (non-hydrogen) atoms. The number of halogens is 1. The number of H-pyrrole nitrogens is 1. The smallest absolute Gasteiger partial charge is 0.382 e. The van der Waals surface area contributed by atoms with Gasteiger partial charge in [0.05, 0.1) is 37.9 Å². The van der Waals surface area contributed by atoms with Crippen LogP contribution in [0.2, 0.25) is 0 Å². The van der Waals surface area contributed by atoms with Crippen molar-refractivity contribution in [2.45, 2.75) is 91.0 Å². The van der Waals surface area contributed by atoms with Gasteiger partial charge >= 0.3 is 13.6 Å². The standard InChI is InChI=1S/C33H44FN9O11P2S2/c1-32(2,3)17(8-44)11-57-55(47)50-10-20-26(23(34)31(52-20)43-16-40-24-27(35)36-13-37-28(24)43)54-56(48,58-12-21(45)33(4,5)6)49-9-19-18(53-55)7-22(51-19)42-15-41-25-29(42)38-14-39-30(25)46/h8,13-20,22-23,26,31H,7,9-12H2,1-6H3,(H2,35,36,37)(H,38,39,46)/t17?,18-,19?,20?,22?,23+,26+,31?,55?,56?/m0/s1. The monoisotopic (exact) mass is 887 g/mol. The van der Waals surface area contributed by atoms with Gasteiger partial charge in [-0.25, -0.2) is 38.4 Å². The first kappa shape index (κ1) is 43.0. The number of nitrogens with one attached hydrogen (secondary N) is 1. The number of hydrogen-bond donors (Lipinski definition) is 2. The molecule has 7 unspecified atom stereocenters. The number of carbonyl (C=O) groups is 2. The highest BCUT2D eigenvalue weighted by atomic mass is 32.7. The van der Waals surface area contributed by atoms with Crippen molar-refractivity contribution in [3.8, 4) is 0 Å². The Kier molecular flexibility index (Phi) is 12.2. The summed E-state index contributed by atoms with van der Waals surface area (Å²) in [7, 11) is 0. The minimum Gasteiger partial charge on any atom is -0.382 e. The van der Waals surface area contributed by atoms with Gasteiger partial charge in [-0.3, -0.25) is 36.8 Å². The van der Waals surface area contributed by atoms with E-state index in [9.17, 15) is 23.5 Å². The number of nitrogen functional groups attached to an aromatic ring is 1. The molecule has 3 saturated heterocycles. The Morgan fingerprint density at radius 3 is 2.33 bits per heavy atom. The number of alkyl halides is 1. The molecule has 4 aromatic rings. The van der Waals surface area contributed by atoms with E-state index in [0.29, 0.717) is 11.4 Å². The van der Waals surface area contributed by atoms with E-state index in [1.807, 2.05) is 20.8 Å². The molecule has 10 atom stereocenters. The summed E-state index contributed by atoms with van der Waals surface area (Å²) in [5.74, 6) is -1.10. The number of nitrogens with two attached hydrogens (primary N) is 1. The van der Waals surface area contributed by atoms with E-state index in [1.165, 1.54) is 34.4 Å². The number of fused-ring (bicyclic) bond motifs is 4. The number of aldehydes is 1. The molecule has 3 aliphatic rings. The van der Waals surface area contributed by atoms with Gasteiger partial charge in [0.2, 0.25) is 0 Å². The fourth-order valence-corrected chi connectivity index (χ4v) is 13.7. The third-order valence-electron chi connectivity index (χ3n) is 9.97. The quantitative estimate of drug-likeness (QED) is 0.165. The molecule has 0 aliphatic carbocycles. The summed E-state index contributed by atoms with van der Waals surface area (Å²) in [5, 5.41) is 0. The number of Topliss-reactive ketones (excluding diaryl/α,β-unsaturated/α-hetero) is 1. The number of aromatic amines is 1. The number of carbonyl (C=O) groups excluding carboxylic acids is 2. The van der Waals surface area contributed by atoms with Crippen LogP contribution in [0, 0.1) is 16.7 Å². The third-order valence-corrected chi connectivity index (χ3v) is 17.3.